The van der Waals surface area contributed by atoms with Gasteiger partial charge in [0.1, 0.15) is 11.6 Å². The van der Waals surface area contributed by atoms with Gasteiger partial charge in [-0.2, -0.15) is 0 Å². The van der Waals surface area contributed by atoms with Crippen molar-refractivity contribution in [3.05, 3.63) is 94.6 Å². The van der Waals surface area contributed by atoms with Crippen molar-refractivity contribution >= 4 is 40.8 Å². The molecule has 2 saturated carbocycles. The predicted octanol–water partition coefficient (Wildman–Crippen LogP) is 8.10. The van der Waals surface area contributed by atoms with E-state index in [0.717, 1.165) is 38.5 Å². The summed E-state index contributed by atoms with van der Waals surface area (Å²) in [5.74, 6) is 1.58. The minimum Gasteiger partial charge on any atom is -0.392 e. The average molecular weight is 636 g/mol. The number of hydrogen-bond donors (Lipinski definition) is 1. The van der Waals surface area contributed by atoms with Crippen molar-refractivity contribution in [1.29, 1.82) is 0 Å². The summed E-state index contributed by atoms with van der Waals surface area (Å²) in [5.41, 5.74) is 4.13. The van der Waals surface area contributed by atoms with Crippen LogP contribution in [0.5, 0.6) is 0 Å². The first-order valence-corrected chi connectivity index (χ1v) is 19.4. The first-order valence-electron chi connectivity index (χ1n) is 14.8. The van der Waals surface area contributed by atoms with Gasteiger partial charge in [0.15, 0.2) is 5.78 Å². The maximum Gasteiger partial charge on any atom is 0.571 e. The monoisotopic (exact) mass is 634 g/mol. The van der Waals surface area contributed by atoms with E-state index in [4.69, 9.17) is 0 Å². The second kappa shape index (κ2) is 12.5. The molecule has 214 valence electrons. The molecule has 0 aliphatic heterocycles. The lowest BCUT2D eigenvalue weighted by atomic mass is 9.47. The summed E-state index contributed by atoms with van der Waals surface area (Å²) in [4.78, 5) is 24.4. The maximum atomic E-state index is 13.4. The van der Waals surface area contributed by atoms with E-state index in [1.165, 1.54) is 54.0 Å². The summed E-state index contributed by atoms with van der Waals surface area (Å²) in [6, 6.07) is 11.7. The van der Waals surface area contributed by atoms with Crippen molar-refractivity contribution < 1.29 is 23.5 Å². The zero-order valence-electron chi connectivity index (χ0n) is 23.8. The molecule has 0 heterocycles. The molecule has 6 atom stereocenters. The molecule has 41 heavy (non-hydrogen) atoms. The third-order valence-electron chi connectivity index (χ3n) is 10.8. The van der Waals surface area contributed by atoms with Gasteiger partial charge in [0.2, 0.25) is 0 Å². The number of hydrogen-bond acceptors (Lipinski definition) is 3. The SMILES string of the molecule is C[C@]12CCC(CO)=CC1=CCC1C2CC[C@@]2(C)C1CC[C@@H]2C(=O)c1ccc(F)cc1.O=[C]([Mg][Br])c1ccc(F)cc1. The van der Waals surface area contributed by atoms with Gasteiger partial charge in [0.25, 0.3) is 0 Å². The summed E-state index contributed by atoms with van der Waals surface area (Å²) in [6.45, 7) is 4.98. The highest BCUT2D eigenvalue weighted by Crippen LogP contribution is 2.66. The number of Topliss-reactive ketones (excluding diaryl/α,β-unsaturated/α-hetero) is 1. The van der Waals surface area contributed by atoms with E-state index < -0.39 is 18.2 Å². The van der Waals surface area contributed by atoms with E-state index in [2.05, 4.69) is 38.9 Å². The van der Waals surface area contributed by atoms with Crippen LogP contribution in [0.25, 0.3) is 0 Å². The Labute approximate surface area is 257 Å². The summed E-state index contributed by atoms with van der Waals surface area (Å²) >= 11 is 2.34. The number of allylic oxidation sites excluding steroid dienone is 3. The highest BCUT2D eigenvalue weighted by Gasteiger charge is 2.59. The lowest BCUT2D eigenvalue weighted by Gasteiger charge is -2.57. The fourth-order valence-corrected chi connectivity index (χ4v) is 9.83. The minimum atomic E-state index is -0.821. The molecule has 6 rings (SSSR count). The number of carbonyl (C=O) groups is 2. The van der Waals surface area contributed by atoms with E-state index in [-0.39, 0.29) is 44.7 Å². The largest absolute Gasteiger partial charge is 0.571 e. The smallest absolute Gasteiger partial charge is 0.392 e. The lowest BCUT2D eigenvalue weighted by molar-refractivity contribution is -0.0317. The van der Waals surface area contributed by atoms with Crippen molar-refractivity contribution in [2.45, 2.75) is 58.8 Å². The Hall–Kier alpha value is -1.67. The zero-order valence-corrected chi connectivity index (χ0v) is 26.8. The van der Waals surface area contributed by atoms with Gasteiger partial charge in [-0.05, 0) is 127 Å². The summed E-state index contributed by atoms with van der Waals surface area (Å²) in [6.07, 6.45) is 12.3. The van der Waals surface area contributed by atoms with Gasteiger partial charge in [-0.15, -0.1) is 0 Å². The Bertz CT molecular complexity index is 1360. The quantitative estimate of drug-likeness (QED) is 0.267. The Morgan fingerprint density at radius 1 is 0.927 bits per heavy atom. The van der Waals surface area contributed by atoms with E-state index >= 15 is 0 Å². The average Bonchev–Trinajstić information content (AvgIpc) is 3.34. The molecule has 0 saturated heterocycles. The number of halogens is 3. The van der Waals surface area contributed by atoms with Crippen molar-refractivity contribution in [1.82, 2.24) is 0 Å². The number of carbonyl (C=O) groups excluding carboxylic acids is 2. The molecular formula is C34H37BrF2MgO3. The van der Waals surface area contributed by atoms with E-state index in [1.807, 2.05) is 0 Å². The van der Waals surface area contributed by atoms with Gasteiger partial charge in [0.05, 0.1) is 6.61 Å². The first-order chi connectivity index (χ1) is 19.6. The lowest BCUT2D eigenvalue weighted by Crippen LogP contribution is -2.50. The highest BCUT2D eigenvalue weighted by atomic mass is 79.9. The van der Waals surface area contributed by atoms with Crippen LogP contribution < -0.4 is 0 Å². The van der Waals surface area contributed by atoms with Gasteiger partial charge in [-0.1, -0.05) is 38.1 Å². The van der Waals surface area contributed by atoms with E-state index in [1.54, 1.807) is 12.1 Å². The first kappa shape index (κ1) is 30.8. The third-order valence-corrected chi connectivity index (χ3v) is 13.0. The van der Waals surface area contributed by atoms with Crippen molar-refractivity contribution in [3.8, 4) is 0 Å². The number of rotatable bonds is 5. The Balaban J connectivity index is 0.000000259. The summed E-state index contributed by atoms with van der Waals surface area (Å²) < 4.78 is 25.8. The molecule has 0 bridgehead atoms. The van der Waals surface area contributed by atoms with Crippen LogP contribution in [0.1, 0.15) is 79.5 Å². The Morgan fingerprint density at radius 2 is 1.56 bits per heavy atom. The van der Waals surface area contributed by atoms with Gasteiger partial charge in [-0.3, -0.25) is 17.7 Å². The second-order valence-corrected chi connectivity index (χ2v) is 15.4. The van der Waals surface area contributed by atoms with Gasteiger partial charge in [0, 0.05) is 15.4 Å². The fraction of sp³-hybridized carbons (Fsp3) is 0.471. The normalized spacial score (nSPS) is 31.7. The van der Waals surface area contributed by atoms with Crippen LogP contribution in [0.15, 0.2) is 71.8 Å². The van der Waals surface area contributed by atoms with Crippen molar-refractivity contribution in [2.24, 2.45) is 34.5 Å². The van der Waals surface area contributed by atoms with Crippen LogP contribution in [0.2, 0.25) is 0 Å². The number of ketones is 1. The van der Waals surface area contributed by atoms with Crippen LogP contribution in [-0.2, 0) is 0 Å². The summed E-state index contributed by atoms with van der Waals surface area (Å²) in [7, 11) is 0. The van der Waals surface area contributed by atoms with Crippen LogP contribution in [0, 0.1) is 46.1 Å². The summed E-state index contributed by atoms with van der Waals surface area (Å²) in [5, 5.41) is 9.60. The highest BCUT2D eigenvalue weighted by molar-refractivity contribution is 9.24. The third kappa shape index (κ3) is 5.93. The number of benzene rings is 2. The van der Waals surface area contributed by atoms with E-state index in [0.29, 0.717) is 28.9 Å². The standard InChI is InChI=1S/C27H33FO2.C7H4FO.BrH.Mg/c1-26-13-11-17(16-29)15-19(26)5-8-21-22-9-10-24(27(22,2)14-12-23(21)26)25(30)18-3-6-20(28)7-4-18;8-7-3-1-6(5-9)2-4-7;;/h3-7,15,21-24,29H,8-14,16H2,1-2H3;1-4H;1H;/q;;;+1/p-1/t21?,22?,23?,24-,26+,27+;;;/m1.../s1. The zero-order chi connectivity index (χ0) is 29.4. The molecule has 2 aromatic carbocycles. The van der Waals surface area contributed by atoms with Gasteiger partial charge >= 0.3 is 18.2 Å². The topological polar surface area (TPSA) is 54.4 Å². The van der Waals surface area contributed by atoms with Crippen molar-refractivity contribution in [3.63, 3.8) is 0 Å². The molecular weight excluding hydrogens is 599 g/mol. The molecule has 0 aromatic heterocycles. The van der Waals surface area contributed by atoms with Crippen molar-refractivity contribution in [2.75, 3.05) is 6.61 Å². The molecule has 1 N–H and O–H groups in total. The minimum absolute atomic E-state index is 0.0507. The Kier molecular flexibility index (Phi) is 9.39. The molecule has 2 fully saturated rings. The van der Waals surface area contributed by atoms with E-state index in [9.17, 15) is 23.5 Å². The van der Waals surface area contributed by atoms with Gasteiger partial charge < -0.3 is 9.90 Å². The van der Waals surface area contributed by atoms with Gasteiger partial charge in [-0.25, -0.2) is 8.78 Å². The number of aliphatic hydroxyl groups is 1. The fourth-order valence-electron chi connectivity index (χ4n) is 8.47. The molecule has 0 amide bonds. The molecule has 2 aromatic rings. The predicted molar refractivity (Wildman–Crippen MR) is 162 cm³/mol. The van der Waals surface area contributed by atoms with Crippen LogP contribution in [0.4, 0.5) is 8.78 Å². The molecule has 3 nitrogen and oxygen atoms in total. The maximum absolute atomic E-state index is 13.4. The molecule has 4 aliphatic carbocycles. The van der Waals surface area contributed by atoms with Crippen LogP contribution >= 0.6 is 12.9 Å². The van der Waals surface area contributed by atoms with Crippen LogP contribution in [0.3, 0.4) is 0 Å². The molecule has 7 heteroatoms. The molecule has 0 radical (unpaired) electrons. The molecule has 0 spiro atoms. The molecule has 4 aliphatic rings. The number of fused-ring (bicyclic) bond motifs is 5. The number of aliphatic hydroxyl groups excluding tert-OH is 1. The molecule has 3 unspecified atom stereocenters. The Morgan fingerprint density at radius 3 is 2.17 bits per heavy atom. The van der Waals surface area contributed by atoms with Crippen LogP contribution in [-0.4, -0.2) is 39.6 Å². The second-order valence-electron chi connectivity index (χ2n) is 12.8.